The zero-order valence-electron chi connectivity index (χ0n) is 11.0. The maximum Gasteiger partial charge on any atom is 0.123 e. The highest BCUT2D eigenvalue weighted by Gasteiger charge is 2.33. The molecule has 0 bridgehead atoms. The van der Waals surface area contributed by atoms with Crippen LogP contribution in [0.1, 0.15) is 44.6 Å². The van der Waals surface area contributed by atoms with Gasteiger partial charge in [-0.15, -0.1) is 11.6 Å². The van der Waals surface area contributed by atoms with Gasteiger partial charge in [0.2, 0.25) is 0 Å². The largest absolute Gasteiger partial charge is 0.372 e. The number of rotatable bonds is 4. The molecule has 2 atom stereocenters. The molecule has 0 aromatic heterocycles. The van der Waals surface area contributed by atoms with Crippen LogP contribution in [0.3, 0.4) is 0 Å². The van der Waals surface area contributed by atoms with E-state index >= 15 is 0 Å². The monoisotopic (exact) mass is 270 g/mol. The molecule has 1 aromatic carbocycles. The Morgan fingerprint density at radius 3 is 2.83 bits per heavy atom. The first-order chi connectivity index (χ1) is 8.50. The fraction of sp³-hybridized carbons (Fsp3) is 0.600. The summed E-state index contributed by atoms with van der Waals surface area (Å²) in [5.74, 6) is 0.473. The molecule has 2 rings (SSSR count). The third-order valence-electron chi connectivity index (χ3n) is 3.61. The molecular weight excluding hydrogens is 251 g/mol. The topological polar surface area (TPSA) is 9.23 Å². The lowest BCUT2D eigenvalue weighted by Gasteiger charge is -2.22. The fourth-order valence-electron chi connectivity index (χ4n) is 2.61. The molecule has 2 unspecified atom stereocenters. The van der Waals surface area contributed by atoms with E-state index in [2.05, 4.69) is 13.8 Å². The molecule has 1 aliphatic rings. The van der Waals surface area contributed by atoms with Gasteiger partial charge in [-0.1, -0.05) is 12.1 Å². The second-order valence-electron chi connectivity index (χ2n) is 5.68. The summed E-state index contributed by atoms with van der Waals surface area (Å²) in [7, 11) is 0. The van der Waals surface area contributed by atoms with Gasteiger partial charge in [0, 0.05) is 5.88 Å². The summed E-state index contributed by atoms with van der Waals surface area (Å²) in [4.78, 5) is 0. The Hall–Kier alpha value is -0.600. The van der Waals surface area contributed by atoms with Crippen LogP contribution in [0.25, 0.3) is 0 Å². The van der Waals surface area contributed by atoms with Gasteiger partial charge in [-0.2, -0.15) is 0 Å². The van der Waals surface area contributed by atoms with E-state index in [0.29, 0.717) is 5.88 Å². The van der Waals surface area contributed by atoms with E-state index in [1.165, 1.54) is 6.07 Å². The first-order valence-electron chi connectivity index (χ1n) is 6.49. The third-order valence-corrected chi connectivity index (χ3v) is 3.98. The zero-order chi connectivity index (χ0) is 13.2. The Labute approximate surface area is 113 Å². The Balaban J connectivity index is 2.02. The van der Waals surface area contributed by atoms with Gasteiger partial charge >= 0.3 is 0 Å². The van der Waals surface area contributed by atoms with E-state index in [4.69, 9.17) is 16.3 Å². The predicted molar refractivity (Wildman–Crippen MR) is 72.7 cm³/mol. The number of benzene rings is 1. The Kier molecular flexibility index (Phi) is 4.29. The van der Waals surface area contributed by atoms with Crippen LogP contribution in [-0.4, -0.2) is 17.6 Å². The second kappa shape index (κ2) is 5.58. The van der Waals surface area contributed by atoms with Crippen LogP contribution in [0.2, 0.25) is 0 Å². The first kappa shape index (κ1) is 13.8. The smallest absolute Gasteiger partial charge is 0.123 e. The highest BCUT2D eigenvalue weighted by molar-refractivity contribution is 6.18. The lowest BCUT2D eigenvalue weighted by atomic mass is 9.93. The Morgan fingerprint density at radius 2 is 2.28 bits per heavy atom. The van der Waals surface area contributed by atoms with Gasteiger partial charge in [0.25, 0.3) is 0 Å². The normalized spacial score (nSPS) is 24.1. The summed E-state index contributed by atoms with van der Waals surface area (Å²) in [6, 6.07) is 6.72. The van der Waals surface area contributed by atoms with Crippen LogP contribution in [-0.2, 0) is 4.74 Å². The number of ether oxygens (including phenoxy) is 1. The molecular formula is C15H20ClFO. The maximum atomic E-state index is 13.2. The van der Waals surface area contributed by atoms with Crippen molar-refractivity contribution in [3.05, 3.63) is 35.6 Å². The zero-order valence-corrected chi connectivity index (χ0v) is 11.7. The molecule has 0 spiro atoms. The number of hydrogen-bond donors (Lipinski definition) is 0. The highest BCUT2D eigenvalue weighted by Crippen LogP contribution is 2.35. The average Bonchev–Trinajstić information content (AvgIpc) is 2.65. The molecule has 0 amide bonds. The van der Waals surface area contributed by atoms with Gasteiger partial charge in [0.05, 0.1) is 11.7 Å². The van der Waals surface area contributed by atoms with Gasteiger partial charge in [-0.3, -0.25) is 0 Å². The minimum absolute atomic E-state index is 0.0243. The lowest BCUT2D eigenvalue weighted by Crippen LogP contribution is -2.21. The number of alkyl halides is 1. The van der Waals surface area contributed by atoms with E-state index in [9.17, 15) is 4.39 Å². The van der Waals surface area contributed by atoms with E-state index in [1.807, 2.05) is 6.07 Å². The maximum absolute atomic E-state index is 13.2. The van der Waals surface area contributed by atoms with Crippen molar-refractivity contribution in [3.63, 3.8) is 0 Å². The van der Waals surface area contributed by atoms with Crippen LogP contribution >= 0.6 is 11.6 Å². The van der Waals surface area contributed by atoms with E-state index < -0.39 is 0 Å². The van der Waals surface area contributed by atoms with Crippen molar-refractivity contribution in [2.75, 3.05) is 5.88 Å². The quantitative estimate of drug-likeness (QED) is 0.732. The van der Waals surface area contributed by atoms with Crippen LogP contribution in [0.4, 0.5) is 4.39 Å². The fourth-order valence-corrected chi connectivity index (χ4v) is 2.91. The van der Waals surface area contributed by atoms with E-state index in [1.54, 1.807) is 12.1 Å². The van der Waals surface area contributed by atoms with Gasteiger partial charge in [0.15, 0.2) is 0 Å². The van der Waals surface area contributed by atoms with Crippen molar-refractivity contribution in [2.45, 2.75) is 50.7 Å². The second-order valence-corrected chi connectivity index (χ2v) is 5.99. The number of halogens is 2. The molecule has 0 aliphatic carbocycles. The summed E-state index contributed by atoms with van der Waals surface area (Å²) in [6.45, 7) is 4.23. The van der Waals surface area contributed by atoms with Crippen molar-refractivity contribution in [1.82, 2.24) is 0 Å². The van der Waals surface area contributed by atoms with E-state index in [-0.39, 0.29) is 23.4 Å². The van der Waals surface area contributed by atoms with Crippen LogP contribution < -0.4 is 0 Å². The van der Waals surface area contributed by atoms with Crippen molar-refractivity contribution in [3.8, 4) is 0 Å². The standard InChI is InChI=1S/C15H20ClFO/c1-15(2)7-6-14(18-15)9-12(10-16)11-4-3-5-13(17)8-11/h3-5,8,12,14H,6-7,9-10H2,1-2H3. The van der Waals surface area contributed by atoms with E-state index in [0.717, 1.165) is 24.8 Å². The summed E-state index contributed by atoms with van der Waals surface area (Å²) in [5.41, 5.74) is 0.946. The van der Waals surface area contributed by atoms with Crippen LogP contribution in [0.5, 0.6) is 0 Å². The number of hydrogen-bond acceptors (Lipinski definition) is 1. The van der Waals surface area contributed by atoms with Gasteiger partial charge in [0.1, 0.15) is 5.82 Å². The summed E-state index contributed by atoms with van der Waals surface area (Å²) >= 11 is 6.03. The predicted octanol–water partition coefficient (Wildman–Crippen LogP) is 4.50. The third kappa shape index (κ3) is 3.46. The molecule has 1 heterocycles. The molecule has 0 radical (unpaired) electrons. The molecule has 1 fully saturated rings. The van der Waals surface area contributed by atoms with Crippen molar-refractivity contribution in [2.24, 2.45) is 0 Å². The van der Waals surface area contributed by atoms with Crippen LogP contribution in [0, 0.1) is 5.82 Å². The molecule has 18 heavy (non-hydrogen) atoms. The molecule has 1 aromatic rings. The molecule has 1 aliphatic heterocycles. The highest BCUT2D eigenvalue weighted by atomic mass is 35.5. The van der Waals surface area contributed by atoms with Crippen LogP contribution in [0.15, 0.2) is 24.3 Å². The summed E-state index contributed by atoms with van der Waals surface area (Å²) in [5, 5.41) is 0. The summed E-state index contributed by atoms with van der Waals surface area (Å²) in [6.07, 6.45) is 3.26. The van der Waals surface area contributed by atoms with Gasteiger partial charge in [-0.05, 0) is 56.7 Å². The van der Waals surface area contributed by atoms with Crippen molar-refractivity contribution in [1.29, 1.82) is 0 Å². The molecule has 3 heteroatoms. The van der Waals surface area contributed by atoms with Crippen molar-refractivity contribution < 1.29 is 9.13 Å². The Bertz CT molecular complexity index is 405. The molecule has 0 saturated carbocycles. The van der Waals surface area contributed by atoms with Gasteiger partial charge in [-0.25, -0.2) is 4.39 Å². The average molecular weight is 271 g/mol. The molecule has 100 valence electrons. The summed E-state index contributed by atoms with van der Waals surface area (Å²) < 4.78 is 19.2. The molecule has 0 N–H and O–H groups in total. The first-order valence-corrected chi connectivity index (χ1v) is 7.03. The lowest BCUT2D eigenvalue weighted by molar-refractivity contribution is -0.0202. The Morgan fingerprint density at radius 1 is 1.50 bits per heavy atom. The molecule has 1 saturated heterocycles. The van der Waals surface area contributed by atoms with Crippen molar-refractivity contribution >= 4 is 11.6 Å². The minimum atomic E-state index is -0.199. The SMILES string of the molecule is CC1(C)CCC(CC(CCl)c2cccc(F)c2)O1. The minimum Gasteiger partial charge on any atom is -0.372 e. The van der Waals surface area contributed by atoms with Gasteiger partial charge < -0.3 is 4.74 Å². The molecule has 1 nitrogen and oxygen atoms in total.